The molecule has 0 aliphatic heterocycles. The first kappa shape index (κ1) is 15.0. The van der Waals surface area contributed by atoms with Crippen molar-refractivity contribution in [2.24, 2.45) is 0 Å². The molecule has 0 aromatic carbocycles. The maximum atomic E-state index is 11.2. The van der Waals surface area contributed by atoms with Crippen LogP contribution in [0.2, 0.25) is 0 Å². The van der Waals surface area contributed by atoms with E-state index in [0.29, 0.717) is 6.54 Å². The third-order valence-corrected chi connectivity index (χ3v) is 2.53. The van der Waals surface area contributed by atoms with E-state index < -0.39 is 18.0 Å². The Morgan fingerprint density at radius 1 is 1.44 bits per heavy atom. The molecule has 16 heavy (non-hydrogen) atoms. The summed E-state index contributed by atoms with van der Waals surface area (Å²) in [5.41, 5.74) is 0. The van der Waals surface area contributed by atoms with Crippen molar-refractivity contribution >= 4 is 23.8 Å². The number of urea groups is 1. The topological polar surface area (TPSA) is 98.7 Å². The normalized spacial score (nSPS) is 11.9. The number of carbonyl (C=O) groups excluding carboxylic acids is 1. The minimum absolute atomic E-state index is 0.00751. The molecule has 0 aromatic rings. The first-order valence-corrected chi connectivity index (χ1v) is 6.38. The van der Waals surface area contributed by atoms with Crippen LogP contribution in [0.4, 0.5) is 4.79 Å². The summed E-state index contributed by atoms with van der Waals surface area (Å²) in [5, 5.41) is 22.1. The molecule has 0 bridgehead atoms. The maximum absolute atomic E-state index is 11.2. The van der Waals surface area contributed by atoms with Gasteiger partial charge in [-0.3, -0.25) is 0 Å². The van der Waals surface area contributed by atoms with Gasteiger partial charge in [-0.2, -0.15) is 11.8 Å². The predicted octanol–water partition coefficient (Wildman–Crippen LogP) is -0.126. The van der Waals surface area contributed by atoms with Crippen molar-refractivity contribution in [3.63, 3.8) is 0 Å². The smallest absolute Gasteiger partial charge is 0.326 e. The van der Waals surface area contributed by atoms with E-state index in [2.05, 4.69) is 10.6 Å². The largest absolute Gasteiger partial charge is 0.480 e. The summed E-state index contributed by atoms with van der Waals surface area (Å²) >= 11 is 1.68. The van der Waals surface area contributed by atoms with Crippen molar-refractivity contribution in [1.82, 2.24) is 10.6 Å². The van der Waals surface area contributed by atoms with E-state index >= 15 is 0 Å². The summed E-state index contributed by atoms with van der Waals surface area (Å²) in [5.74, 6) is -0.201. The van der Waals surface area contributed by atoms with E-state index in [4.69, 9.17) is 10.2 Å². The van der Waals surface area contributed by atoms with Crippen LogP contribution in [0.15, 0.2) is 0 Å². The highest BCUT2D eigenvalue weighted by Crippen LogP contribution is 1.94. The fourth-order valence-corrected chi connectivity index (χ4v) is 1.45. The molecule has 0 fully saturated rings. The molecule has 94 valence electrons. The van der Waals surface area contributed by atoms with Gasteiger partial charge in [0.1, 0.15) is 6.04 Å². The summed E-state index contributed by atoms with van der Waals surface area (Å²) in [6, 6.07) is -1.55. The Labute approximate surface area is 98.8 Å². The second-order valence-electron chi connectivity index (χ2n) is 3.15. The van der Waals surface area contributed by atoms with Crippen molar-refractivity contribution in [1.29, 1.82) is 0 Å². The number of aliphatic carboxylic acids is 1. The minimum atomic E-state index is -1.15. The van der Waals surface area contributed by atoms with Crippen LogP contribution in [0, 0.1) is 0 Å². The van der Waals surface area contributed by atoms with Gasteiger partial charge in [-0.05, 0) is 18.4 Å². The molecule has 0 heterocycles. The molecular weight excluding hydrogens is 232 g/mol. The summed E-state index contributed by atoms with van der Waals surface area (Å²) in [6.45, 7) is 0.238. The number of aliphatic hydroxyl groups is 1. The zero-order valence-corrected chi connectivity index (χ0v) is 10.0. The van der Waals surface area contributed by atoms with Gasteiger partial charge in [0.15, 0.2) is 0 Å². The summed E-state index contributed by atoms with van der Waals surface area (Å²) in [4.78, 5) is 21.9. The average Bonchev–Trinajstić information content (AvgIpc) is 2.23. The Morgan fingerprint density at radius 3 is 2.62 bits per heavy atom. The van der Waals surface area contributed by atoms with Crippen LogP contribution in [-0.2, 0) is 4.79 Å². The van der Waals surface area contributed by atoms with Crippen molar-refractivity contribution in [2.45, 2.75) is 18.9 Å². The Hall–Kier alpha value is -0.950. The first-order valence-electron chi connectivity index (χ1n) is 4.98. The van der Waals surface area contributed by atoms with E-state index in [-0.39, 0.29) is 13.0 Å². The molecule has 0 aliphatic rings. The van der Waals surface area contributed by atoms with Gasteiger partial charge in [-0.1, -0.05) is 0 Å². The lowest BCUT2D eigenvalue weighted by molar-refractivity contribution is -0.139. The van der Waals surface area contributed by atoms with Gasteiger partial charge in [0.05, 0.1) is 0 Å². The van der Waals surface area contributed by atoms with Gasteiger partial charge >= 0.3 is 12.0 Å². The van der Waals surface area contributed by atoms with E-state index in [1.807, 2.05) is 6.26 Å². The maximum Gasteiger partial charge on any atom is 0.326 e. The SMILES string of the molecule is CSCCCNC(=O)NC(CCO)C(=O)O. The number of carboxylic acids is 1. The second kappa shape index (κ2) is 9.29. The number of amides is 2. The lowest BCUT2D eigenvalue weighted by Crippen LogP contribution is -2.46. The van der Waals surface area contributed by atoms with Crippen LogP contribution in [0.3, 0.4) is 0 Å². The van der Waals surface area contributed by atoms with Crippen LogP contribution < -0.4 is 10.6 Å². The number of carboxylic acid groups (broad SMARTS) is 1. The molecule has 1 atom stereocenters. The van der Waals surface area contributed by atoms with Crippen molar-refractivity contribution in [3.05, 3.63) is 0 Å². The molecule has 0 saturated heterocycles. The molecule has 7 heteroatoms. The van der Waals surface area contributed by atoms with Crippen LogP contribution in [0.5, 0.6) is 0 Å². The third kappa shape index (κ3) is 7.36. The molecule has 0 spiro atoms. The fourth-order valence-electron chi connectivity index (χ4n) is 1.01. The molecule has 6 nitrogen and oxygen atoms in total. The molecule has 0 aromatic heterocycles. The number of hydrogen-bond acceptors (Lipinski definition) is 4. The molecule has 1 unspecified atom stereocenters. The Kier molecular flexibility index (Phi) is 8.74. The number of carbonyl (C=O) groups is 2. The number of thioether (sulfide) groups is 1. The Bertz CT molecular complexity index is 226. The molecule has 4 N–H and O–H groups in total. The summed E-state index contributed by atoms with van der Waals surface area (Å²) in [6.07, 6.45) is 2.82. The van der Waals surface area contributed by atoms with Gasteiger partial charge < -0.3 is 20.8 Å². The van der Waals surface area contributed by atoms with Gasteiger partial charge in [-0.25, -0.2) is 9.59 Å². The first-order chi connectivity index (χ1) is 7.61. The Morgan fingerprint density at radius 2 is 2.12 bits per heavy atom. The molecule has 0 aliphatic carbocycles. The van der Waals surface area contributed by atoms with E-state index in [9.17, 15) is 9.59 Å². The molecule has 0 radical (unpaired) electrons. The highest BCUT2D eigenvalue weighted by molar-refractivity contribution is 7.98. The van der Waals surface area contributed by atoms with Crippen molar-refractivity contribution in [3.8, 4) is 0 Å². The zero-order chi connectivity index (χ0) is 12.4. The van der Waals surface area contributed by atoms with E-state index in [0.717, 1.165) is 12.2 Å². The molecule has 2 amide bonds. The van der Waals surface area contributed by atoms with Crippen LogP contribution in [0.25, 0.3) is 0 Å². The molecule has 0 rings (SSSR count). The summed E-state index contributed by atoms with van der Waals surface area (Å²) in [7, 11) is 0. The van der Waals surface area contributed by atoms with Gasteiger partial charge in [0.2, 0.25) is 0 Å². The highest BCUT2D eigenvalue weighted by Gasteiger charge is 2.18. The Balaban J connectivity index is 3.77. The van der Waals surface area contributed by atoms with Crippen LogP contribution in [-0.4, -0.2) is 53.4 Å². The standard InChI is InChI=1S/C9H18N2O4S/c1-16-6-2-4-10-9(15)11-7(3-5-12)8(13)14/h7,12H,2-6H2,1H3,(H,13,14)(H2,10,11,15). The minimum Gasteiger partial charge on any atom is -0.480 e. The van der Waals surface area contributed by atoms with Crippen molar-refractivity contribution < 1.29 is 19.8 Å². The number of hydrogen-bond donors (Lipinski definition) is 4. The van der Waals surface area contributed by atoms with Gasteiger partial charge in [0.25, 0.3) is 0 Å². The van der Waals surface area contributed by atoms with E-state index in [1.54, 1.807) is 11.8 Å². The van der Waals surface area contributed by atoms with Crippen LogP contribution in [0.1, 0.15) is 12.8 Å². The quantitative estimate of drug-likeness (QED) is 0.450. The molecular formula is C9H18N2O4S. The highest BCUT2D eigenvalue weighted by atomic mass is 32.2. The van der Waals surface area contributed by atoms with Gasteiger partial charge in [0, 0.05) is 19.6 Å². The van der Waals surface area contributed by atoms with Gasteiger partial charge in [-0.15, -0.1) is 0 Å². The number of aliphatic hydroxyl groups excluding tert-OH is 1. The van der Waals surface area contributed by atoms with E-state index in [1.165, 1.54) is 0 Å². The number of nitrogens with one attached hydrogen (secondary N) is 2. The zero-order valence-electron chi connectivity index (χ0n) is 9.23. The lowest BCUT2D eigenvalue weighted by atomic mass is 10.2. The predicted molar refractivity (Wildman–Crippen MR) is 62.7 cm³/mol. The average molecular weight is 250 g/mol. The fraction of sp³-hybridized carbons (Fsp3) is 0.778. The van der Waals surface area contributed by atoms with Crippen LogP contribution >= 0.6 is 11.8 Å². The second-order valence-corrected chi connectivity index (χ2v) is 4.14. The lowest BCUT2D eigenvalue weighted by Gasteiger charge is -2.13. The summed E-state index contributed by atoms with van der Waals surface area (Å²) < 4.78 is 0. The monoisotopic (exact) mass is 250 g/mol. The molecule has 0 saturated carbocycles. The number of rotatable bonds is 8. The third-order valence-electron chi connectivity index (χ3n) is 1.83. The van der Waals surface area contributed by atoms with Crippen molar-refractivity contribution in [2.75, 3.05) is 25.2 Å².